The van der Waals surface area contributed by atoms with Crippen LogP contribution in [-0.2, 0) is 27.3 Å². The van der Waals surface area contributed by atoms with Crippen molar-refractivity contribution in [2.24, 2.45) is 0 Å². The van der Waals surface area contributed by atoms with Crippen LogP contribution in [-0.4, -0.2) is 65.6 Å². The highest BCUT2D eigenvalue weighted by Gasteiger charge is 2.28. The van der Waals surface area contributed by atoms with E-state index in [1.165, 1.54) is 32.0 Å². The number of carbonyl (C=O) groups excluding carboxylic acids is 2. The van der Waals surface area contributed by atoms with Gasteiger partial charge in [-0.1, -0.05) is 12.1 Å². The first kappa shape index (κ1) is 42.4. The van der Waals surface area contributed by atoms with E-state index in [-0.39, 0.29) is 46.5 Å². The molecule has 0 aromatic carbocycles. The molecule has 0 atom stereocenters. The van der Waals surface area contributed by atoms with Crippen LogP contribution in [0.15, 0.2) is 81.5 Å². The Bertz CT molecular complexity index is 2520. The number of anilines is 4. The second kappa shape index (κ2) is 19.4. The highest BCUT2D eigenvalue weighted by atomic mass is 32.1. The number of carboxylic acid groups (broad SMARTS) is 1. The van der Waals surface area contributed by atoms with Gasteiger partial charge in [-0.3, -0.25) is 19.6 Å². The fourth-order valence-corrected chi connectivity index (χ4v) is 6.70. The van der Waals surface area contributed by atoms with Crippen LogP contribution in [0.25, 0.3) is 21.1 Å². The van der Waals surface area contributed by atoms with Crippen LogP contribution in [0.4, 0.5) is 27.5 Å². The summed E-state index contributed by atoms with van der Waals surface area (Å²) in [5.41, 5.74) is 2.11. The van der Waals surface area contributed by atoms with Crippen LogP contribution >= 0.6 is 22.7 Å². The van der Waals surface area contributed by atoms with Crippen LogP contribution in [0.3, 0.4) is 0 Å². The molecule has 0 unspecified atom stereocenters. The number of aromatic carboxylic acids is 1. The van der Waals surface area contributed by atoms with Gasteiger partial charge in [0.05, 0.1) is 39.6 Å². The van der Waals surface area contributed by atoms with Crippen molar-refractivity contribution in [2.45, 2.75) is 60.7 Å². The SMILES string of the molecule is CCn1nc(-c2cccs2)c(C(=O)O)c(Nc2cnccc2C)c1=O.CCn1nc(-c2cccs2)c(C(=O)OCOC(=O)OC(C)C)c(Nc2cnccc2C)c1=O. The lowest BCUT2D eigenvalue weighted by Gasteiger charge is -2.17. The molecule has 6 heterocycles. The molecule has 0 aliphatic carbocycles. The third-order valence-corrected chi connectivity index (χ3v) is 9.89. The Balaban J connectivity index is 0.000000229. The Morgan fingerprint density at radius 1 is 0.759 bits per heavy atom. The van der Waals surface area contributed by atoms with E-state index >= 15 is 0 Å². The summed E-state index contributed by atoms with van der Waals surface area (Å²) in [4.78, 5) is 72.0. The van der Waals surface area contributed by atoms with Crippen LogP contribution in [0.1, 0.15) is 59.5 Å². The van der Waals surface area contributed by atoms with Gasteiger partial charge < -0.3 is 30.0 Å². The number of aryl methyl sites for hydroxylation is 4. The lowest BCUT2D eigenvalue weighted by Crippen LogP contribution is -2.29. The fraction of sp³-hybridized carbons (Fsp3) is 0.256. The third kappa shape index (κ3) is 9.98. The summed E-state index contributed by atoms with van der Waals surface area (Å²) in [5.74, 6) is -2.09. The van der Waals surface area contributed by atoms with Crippen molar-refractivity contribution in [3.05, 3.63) is 115 Å². The molecule has 0 aliphatic heterocycles. The van der Waals surface area contributed by atoms with Gasteiger partial charge in [0.2, 0.25) is 6.79 Å². The van der Waals surface area contributed by atoms with Gasteiger partial charge in [-0.05, 0) is 87.7 Å². The fourth-order valence-electron chi connectivity index (χ4n) is 5.27. The third-order valence-electron chi connectivity index (χ3n) is 8.13. The highest BCUT2D eigenvalue weighted by Crippen LogP contribution is 2.32. The van der Waals surface area contributed by atoms with Crippen LogP contribution < -0.4 is 21.8 Å². The molecule has 19 heteroatoms. The minimum absolute atomic E-state index is 0.0103. The number of nitrogens with zero attached hydrogens (tertiary/aromatic N) is 6. The van der Waals surface area contributed by atoms with Crippen LogP contribution in [0.2, 0.25) is 0 Å². The van der Waals surface area contributed by atoms with Gasteiger partial charge in [0.15, 0.2) is 0 Å². The molecule has 0 bridgehead atoms. The first-order valence-corrected chi connectivity index (χ1v) is 19.6. The summed E-state index contributed by atoms with van der Waals surface area (Å²) in [5, 5.41) is 28.0. The van der Waals surface area contributed by atoms with E-state index in [2.05, 4.69) is 30.8 Å². The van der Waals surface area contributed by atoms with Gasteiger partial charge >= 0.3 is 18.1 Å². The van der Waals surface area contributed by atoms with Gasteiger partial charge in [-0.15, -0.1) is 22.7 Å². The second-order valence-corrected chi connectivity index (χ2v) is 14.3. The van der Waals surface area contributed by atoms with Crippen molar-refractivity contribution in [1.29, 1.82) is 0 Å². The van der Waals surface area contributed by atoms with Crippen LogP contribution in [0.5, 0.6) is 0 Å². The van der Waals surface area contributed by atoms with Gasteiger partial charge in [-0.2, -0.15) is 10.2 Å². The van der Waals surface area contributed by atoms with E-state index in [1.54, 1.807) is 76.7 Å². The minimum Gasteiger partial charge on any atom is -0.478 e. The maximum Gasteiger partial charge on any atom is 0.511 e. The smallest absolute Gasteiger partial charge is 0.478 e. The van der Waals surface area contributed by atoms with Crippen molar-refractivity contribution < 1.29 is 33.7 Å². The molecule has 17 nitrogen and oxygen atoms in total. The van der Waals surface area contributed by atoms with Gasteiger partial charge in [0, 0.05) is 25.5 Å². The maximum absolute atomic E-state index is 13.2. The van der Waals surface area contributed by atoms with Crippen molar-refractivity contribution in [3.63, 3.8) is 0 Å². The lowest BCUT2D eigenvalue weighted by molar-refractivity contribution is -0.0344. The van der Waals surface area contributed by atoms with E-state index in [9.17, 15) is 29.1 Å². The summed E-state index contributed by atoms with van der Waals surface area (Å²) in [6.07, 6.45) is 5.01. The van der Waals surface area contributed by atoms with E-state index in [0.717, 1.165) is 11.1 Å². The van der Waals surface area contributed by atoms with Crippen molar-refractivity contribution >= 4 is 63.5 Å². The Morgan fingerprint density at radius 2 is 1.24 bits per heavy atom. The second-order valence-electron chi connectivity index (χ2n) is 12.4. The maximum atomic E-state index is 13.2. The van der Waals surface area contributed by atoms with E-state index in [0.29, 0.717) is 27.7 Å². The summed E-state index contributed by atoms with van der Waals surface area (Å²) >= 11 is 2.72. The number of hydrogen-bond acceptors (Lipinski definition) is 16. The Kier molecular flexibility index (Phi) is 14.2. The number of nitrogens with one attached hydrogen (secondary N) is 2. The number of ether oxygens (including phenoxy) is 3. The van der Waals surface area contributed by atoms with E-state index < -0.39 is 36.0 Å². The molecule has 3 N–H and O–H groups in total. The van der Waals surface area contributed by atoms with Crippen molar-refractivity contribution in [3.8, 4) is 21.1 Å². The summed E-state index contributed by atoms with van der Waals surface area (Å²) < 4.78 is 17.3. The molecule has 0 saturated carbocycles. The molecule has 302 valence electrons. The standard InChI is InChI=1S/C22H24N4O6S.C17H16N4O3S/c1-5-26-20(27)19(24-15-11-23-9-8-14(15)4)17(18(25-26)16-7-6-10-33-16)21(28)30-12-31-22(29)32-13(2)3;1-3-21-16(22)15(19-11-9-18-7-6-10(11)2)13(17(23)24)14(20-21)12-5-4-8-25-12/h6-11,13,24H,5,12H2,1-4H3;4-9,19H,3H2,1-2H3,(H,23,24). The van der Waals surface area contributed by atoms with E-state index in [4.69, 9.17) is 14.2 Å². The zero-order valence-corrected chi connectivity index (χ0v) is 34.0. The number of carboxylic acids is 1. The summed E-state index contributed by atoms with van der Waals surface area (Å²) in [6, 6.07) is 10.7. The molecule has 0 saturated heterocycles. The number of rotatable bonds is 13. The molecular weight excluding hydrogens is 789 g/mol. The minimum atomic E-state index is -1.21. The van der Waals surface area contributed by atoms with Gasteiger partial charge in [-0.25, -0.2) is 23.7 Å². The first-order valence-electron chi connectivity index (χ1n) is 17.8. The Morgan fingerprint density at radius 3 is 1.66 bits per heavy atom. The molecule has 0 amide bonds. The number of carbonyl (C=O) groups is 3. The van der Waals surface area contributed by atoms with Gasteiger partial charge in [0.25, 0.3) is 11.1 Å². The Hall–Kier alpha value is -6.73. The van der Waals surface area contributed by atoms with Gasteiger partial charge in [0.1, 0.15) is 33.9 Å². The zero-order valence-electron chi connectivity index (χ0n) is 32.3. The molecule has 6 aromatic rings. The summed E-state index contributed by atoms with van der Waals surface area (Å²) in [6.45, 7) is 10.5. The molecule has 0 radical (unpaired) electrons. The molecule has 6 rings (SSSR count). The van der Waals surface area contributed by atoms with Crippen molar-refractivity contribution in [1.82, 2.24) is 29.5 Å². The normalized spacial score (nSPS) is 10.7. The molecule has 0 spiro atoms. The number of aromatic nitrogens is 6. The first-order chi connectivity index (χ1) is 27.8. The Labute approximate surface area is 339 Å². The molecule has 0 aliphatic rings. The number of esters is 1. The average Bonchev–Trinajstić information content (AvgIpc) is 3.94. The number of hydrogen-bond donors (Lipinski definition) is 3. The number of thiophene rings is 2. The lowest BCUT2D eigenvalue weighted by atomic mass is 10.1. The molecule has 6 aromatic heterocycles. The summed E-state index contributed by atoms with van der Waals surface area (Å²) in [7, 11) is 0. The topological polar surface area (TPSA) is 219 Å². The predicted molar refractivity (Wildman–Crippen MR) is 219 cm³/mol. The number of pyridine rings is 2. The molecular formula is C39H40N8O9S2. The highest BCUT2D eigenvalue weighted by molar-refractivity contribution is 7.13. The van der Waals surface area contributed by atoms with Crippen molar-refractivity contribution in [2.75, 3.05) is 17.4 Å². The average molecular weight is 829 g/mol. The quantitative estimate of drug-likeness (QED) is 0.0771. The van der Waals surface area contributed by atoms with Crippen LogP contribution in [0, 0.1) is 13.8 Å². The monoisotopic (exact) mass is 828 g/mol. The largest absolute Gasteiger partial charge is 0.511 e. The predicted octanol–water partition coefficient (Wildman–Crippen LogP) is 7.25. The molecule has 0 fully saturated rings. The zero-order chi connectivity index (χ0) is 41.9. The van der Waals surface area contributed by atoms with E-state index in [1.807, 2.05) is 36.7 Å². The molecule has 58 heavy (non-hydrogen) atoms.